The average molecular weight is 297 g/mol. The van der Waals surface area contributed by atoms with E-state index in [4.69, 9.17) is 4.74 Å². The van der Waals surface area contributed by atoms with Crippen molar-refractivity contribution in [2.75, 3.05) is 6.54 Å². The number of nitro benzene ring substituents is 1. The standard InChI is InChI=1S/C11H9BrN2O3/c1-7(12)10-6-13-11(17-10)8-3-2-4-9(5-8)14(15)16/h2-5,10H,1,6H2/t10-/m0/s1. The van der Waals surface area contributed by atoms with E-state index < -0.39 is 4.92 Å². The molecule has 0 unspecified atom stereocenters. The predicted octanol–water partition coefficient (Wildman–Crippen LogP) is 2.65. The lowest BCUT2D eigenvalue weighted by Gasteiger charge is -2.09. The maximum absolute atomic E-state index is 10.6. The SMILES string of the molecule is C=C(Br)[C@@H]1CN=C(c2cccc([N+](=O)[O-])c2)O1. The van der Waals surface area contributed by atoms with Crippen molar-refractivity contribution in [1.82, 2.24) is 0 Å². The first-order valence-corrected chi connectivity index (χ1v) is 5.67. The summed E-state index contributed by atoms with van der Waals surface area (Å²) >= 11 is 3.24. The highest BCUT2D eigenvalue weighted by Gasteiger charge is 2.23. The lowest BCUT2D eigenvalue weighted by Crippen LogP contribution is -2.13. The Morgan fingerprint density at radius 2 is 2.41 bits per heavy atom. The minimum absolute atomic E-state index is 0.0231. The molecule has 0 aliphatic carbocycles. The number of aliphatic imine (C=N–C) groups is 1. The summed E-state index contributed by atoms with van der Waals surface area (Å²) in [7, 11) is 0. The van der Waals surface area contributed by atoms with Crippen LogP contribution in [0.5, 0.6) is 0 Å². The van der Waals surface area contributed by atoms with Gasteiger partial charge in [-0.1, -0.05) is 28.6 Å². The van der Waals surface area contributed by atoms with Crippen molar-refractivity contribution < 1.29 is 9.66 Å². The van der Waals surface area contributed by atoms with Crippen molar-refractivity contribution in [1.29, 1.82) is 0 Å². The quantitative estimate of drug-likeness (QED) is 0.636. The van der Waals surface area contributed by atoms with Crippen molar-refractivity contribution in [2.45, 2.75) is 6.10 Å². The van der Waals surface area contributed by atoms with Crippen molar-refractivity contribution in [2.24, 2.45) is 4.99 Å². The molecule has 5 nitrogen and oxygen atoms in total. The molecule has 6 heteroatoms. The van der Waals surface area contributed by atoms with Crippen LogP contribution >= 0.6 is 15.9 Å². The van der Waals surface area contributed by atoms with Gasteiger partial charge in [0.15, 0.2) is 6.10 Å². The molecule has 0 bridgehead atoms. The van der Waals surface area contributed by atoms with Gasteiger partial charge in [0.1, 0.15) is 0 Å². The number of rotatable bonds is 3. The minimum atomic E-state index is -0.445. The van der Waals surface area contributed by atoms with E-state index in [-0.39, 0.29) is 11.8 Å². The van der Waals surface area contributed by atoms with Crippen molar-refractivity contribution in [3.05, 3.63) is 51.0 Å². The number of nitro groups is 1. The molecule has 1 aromatic rings. The second-order valence-corrected chi connectivity index (χ2v) is 4.53. The third kappa shape index (κ3) is 2.52. The topological polar surface area (TPSA) is 64.7 Å². The highest BCUT2D eigenvalue weighted by atomic mass is 79.9. The van der Waals surface area contributed by atoms with Crippen LogP contribution in [0.15, 0.2) is 40.3 Å². The van der Waals surface area contributed by atoms with Crippen LogP contribution in [-0.4, -0.2) is 23.5 Å². The Hall–Kier alpha value is -1.69. The van der Waals surface area contributed by atoms with E-state index in [1.165, 1.54) is 12.1 Å². The molecular weight excluding hydrogens is 288 g/mol. The van der Waals surface area contributed by atoms with E-state index in [9.17, 15) is 10.1 Å². The van der Waals surface area contributed by atoms with E-state index >= 15 is 0 Å². The monoisotopic (exact) mass is 296 g/mol. The molecule has 88 valence electrons. The summed E-state index contributed by atoms with van der Waals surface area (Å²) < 4.78 is 6.23. The van der Waals surface area contributed by atoms with Gasteiger partial charge in [-0.2, -0.15) is 0 Å². The smallest absolute Gasteiger partial charge is 0.270 e. The van der Waals surface area contributed by atoms with Crippen LogP contribution in [-0.2, 0) is 4.74 Å². The van der Waals surface area contributed by atoms with Gasteiger partial charge >= 0.3 is 0 Å². The third-order valence-corrected chi connectivity index (χ3v) is 2.82. The Balaban J connectivity index is 2.22. The molecule has 1 heterocycles. The molecule has 0 aromatic heterocycles. The zero-order valence-corrected chi connectivity index (χ0v) is 10.4. The Kier molecular flexibility index (Phi) is 3.23. The van der Waals surface area contributed by atoms with Crippen LogP contribution in [0.4, 0.5) is 5.69 Å². The van der Waals surface area contributed by atoms with Crippen LogP contribution in [0.1, 0.15) is 5.56 Å². The summed E-state index contributed by atoms with van der Waals surface area (Å²) in [4.78, 5) is 14.4. The van der Waals surface area contributed by atoms with Gasteiger partial charge in [0.25, 0.3) is 5.69 Å². The molecule has 0 N–H and O–H groups in total. The second-order valence-electron chi connectivity index (χ2n) is 3.51. The zero-order valence-electron chi connectivity index (χ0n) is 8.80. The van der Waals surface area contributed by atoms with Crippen molar-refractivity contribution in [3.63, 3.8) is 0 Å². The normalized spacial score (nSPS) is 18.4. The van der Waals surface area contributed by atoms with Crippen molar-refractivity contribution >= 4 is 27.5 Å². The van der Waals surface area contributed by atoms with Gasteiger partial charge in [-0.05, 0) is 6.07 Å². The fraction of sp³-hybridized carbons (Fsp3) is 0.182. The number of hydrogen-bond donors (Lipinski definition) is 0. The molecular formula is C11H9BrN2O3. The second kappa shape index (κ2) is 4.67. The predicted molar refractivity (Wildman–Crippen MR) is 67.4 cm³/mol. The lowest BCUT2D eigenvalue weighted by atomic mass is 10.2. The van der Waals surface area contributed by atoms with E-state index in [1.54, 1.807) is 12.1 Å². The van der Waals surface area contributed by atoms with Crippen molar-refractivity contribution in [3.8, 4) is 0 Å². The molecule has 0 saturated heterocycles. The van der Waals surface area contributed by atoms with Gasteiger partial charge in [0.05, 0.1) is 11.5 Å². The number of halogens is 1. The summed E-state index contributed by atoms with van der Waals surface area (Å²) in [5.41, 5.74) is 0.630. The van der Waals surface area contributed by atoms with E-state index in [1.807, 2.05) is 0 Å². The first kappa shape index (κ1) is 11.8. The molecule has 1 aromatic carbocycles. The van der Waals surface area contributed by atoms with Crippen LogP contribution in [0, 0.1) is 10.1 Å². The van der Waals surface area contributed by atoms with E-state index in [0.717, 1.165) is 0 Å². The fourth-order valence-electron chi connectivity index (χ4n) is 1.45. The molecule has 0 radical (unpaired) electrons. The molecule has 0 amide bonds. The number of hydrogen-bond acceptors (Lipinski definition) is 4. The highest BCUT2D eigenvalue weighted by molar-refractivity contribution is 9.11. The third-order valence-electron chi connectivity index (χ3n) is 2.31. The van der Waals surface area contributed by atoms with Gasteiger partial charge in [0, 0.05) is 22.2 Å². The molecule has 1 aliphatic rings. The van der Waals surface area contributed by atoms with Gasteiger partial charge in [0.2, 0.25) is 5.90 Å². The van der Waals surface area contributed by atoms with Crippen LogP contribution in [0.2, 0.25) is 0 Å². The Morgan fingerprint density at radius 1 is 1.65 bits per heavy atom. The molecule has 17 heavy (non-hydrogen) atoms. The molecule has 0 spiro atoms. The lowest BCUT2D eigenvalue weighted by molar-refractivity contribution is -0.384. The molecule has 1 atom stereocenters. The van der Waals surface area contributed by atoms with E-state index in [0.29, 0.717) is 22.5 Å². The number of non-ortho nitro benzene ring substituents is 1. The first-order valence-electron chi connectivity index (χ1n) is 4.88. The molecule has 0 saturated carbocycles. The van der Waals surface area contributed by atoms with Gasteiger partial charge in [-0.3, -0.25) is 10.1 Å². The summed E-state index contributed by atoms with van der Waals surface area (Å²) in [6.07, 6.45) is -0.204. The zero-order chi connectivity index (χ0) is 12.4. The van der Waals surface area contributed by atoms with Crippen LogP contribution in [0.3, 0.4) is 0 Å². The van der Waals surface area contributed by atoms with E-state index in [2.05, 4.69) is 27.5 Å². The van der Waals surface area contributed by atoms with Crippen LogP contribution < -0.4 is 0 Å². The Morgan fingerprint density at radius 3 is 3.00 bits per heavy atom. The molecule has 0 fully saturated rings. The van der Waals surface area contributed by atoms with Gasteiger partial charge in [-0.25, -0.2) is 4.99 Å². The summed E-state index contributed by atoms with van der Waals surface area (Å²) in [5.74, 6) is 0.416. The van der Waals surface area contributed by atoms with Gasteiger partial charge < -0.3 is 4.74 Å². The number of benzene rings is 1. The average Bonchev–Trinajstić information content (AvgIpc) is 2.78. The first-order chi connectivity index (χ1) is 8.08. The minimum Gasteiger partial charge on any atom is -0.467 e. The summed E-state index contributed by atoms with van der Waals surface area (Å²) in [6.45, 7) is 4.20. The fourth-order valence-corrected chi connectivity index (χ4v) is 1.69. The maximum Gasteiger partial charge on any atom is 0.270 e. The Bertz CT molecular complexity index is 513. The largest absolute Gasteiger partial charge is 0.467 e. The van der Waals surface area contributed by atoms with Gasteiger partial charge in [-0.15, -0.1) is 0 Å². The molecule has 2 rings (SSSR count). The van der Waals surface area contributed by atoms with Crippen LogP contribution in [0.25, 0.3) is 0 Å². The summed E-state index contributed by atoms with van der Waals surface area (Å²) in [6, 6.07) is 6.21. The molecule has 1 aliphatic heterocycles. The Labute approximate surface area is 106 Å². The number of ether oxygens (including phenoxy) is 1. The number of nitrogens with zero attached hydrogens (tertiary/aromatic N) is 2. The summed E-state index contributed by atoms with van der Waals surface area (Å²) in [5, 5.41) is 10.6. The maximum atomic E-state index is 10.6. The highest BCUT2D eigenvalue weighted by Crippen LogP contribution is 2.22.